The molecule has 0 saturated carbocycles. The molecule has 0 bridgehead atoms. The molecule has 2 rings (SSSR count). The van der Waals surface area contributed by atoms with Crippen molar-refractivity contribution in [2.24, 2.45) is 10.7 Å². The van der Waals surface area contributed by atoms with Crippen molar-refractivity contribution in [3.05, 3.63) is 35.6 Å². The lowest BCUT2D eigenvalue weighted by molar-refractivity contribution is 0.424. The lowest BCUT2D eigenvalue weighted by Crippen LogP contribution is -2.39. The first-order valence-corrected chi connectivity index (χ1v) is 7.80. The van der Waals surface area contributed by atoms with Crippen molar-refractivity contribution in [3.63, 3.8) is 0 Å². The highest BCUT2D eigenvalue weighted by Crippen LogP contribution is 2.23. The molecular weight excluding hydrogens is 265 g/mol. The molecule has 116 valence electrons. The monoisotopic (exact) mass is 291 g/mol. The van der Waals surface area contributed by atoms with Gasteiger partial charge in [0, 0.05) is 18.5 Å². The van der Waals surface area contributed by atoms with Gasteiger partial charge in [0.05, 0.1) is 6.54 Å². The van der Waals surface area contributed by atoms with E-state index in [1.165, 1.54) is 37.8 Å². The number of hydrogen-bond acceptors (Lipinski definition) is 1. The van der Waals surface area contributed by atoms with E-state index >= 15 is 0 Å². The lowest BCUT2D eigenvalue weighted by atomic mass is 9.85. The van der Waals surface area contributed by atoms with E-state index < -0.39 is 0 Å². The Morgan fingerprint density at radius 1 is 1.14 bits per heavy atom. The summed E-state index contributed by atoms with van der Waals surface area (Å²) >= 11 is 0. The summed E-state index contributed by atoms with van der Waals surface area (Å²) in [5.41, 5.74) is 7.07. The fourth-order valence-electron chi connectivity index (χ4n) is 2.67. The Bertz CT molecular complexity index is 471. The normalized spacial score (nSPS) is 17.7. The van der Waals surface area contributed by atoms with Crippen LogP contribution in [0.2, 0.25) is 0 Å². The molecule has 1 fully saturated rings. The van der Waals surface area contributed by atoms with Crippen LogP contribution in [-0.2, 0) is 5.41 Å². The van der Waals surface area contributed by atoms with Crippen molar-refractivity contribution in [1.82, 2.24) is 4.90 Å². The van der Waals surface area contributed by atoms with Gasteiger partial charge in [-0.3, -0.25) is 4.99 Å². The number of guanidine groups is 1. The van der Waals surface area contributed by atoms with Crippen LogP contribution in [0.15, 0.2) is 29.3 Å². The van der Waals surface area contributed by atoms with Crippen LogP contribution in [0.1, 0.15) is 45.1 Å². The number of nitrogens with two attached hydrogens (primary N) is 1. The van der Waals surface area contributed by atoms with E-state index in [-0.39, 0.29) is 11.2 Å². The van der Waals surface area contributed by atoms with Gasteiger partial charge in [0.2, 0.25) is 0 Å². The molecule has 0 spiro atoms. The number of hydrogen-bond donors (Lipinski definition) is 1. The Labute approximate surface area is 127 Å². The highest BCUT2D eigenvalue weighted by molar-refractivity contribution is 5.78. The molecule has 0 radical (unpaired) electrons. The largest absolute Gasteiger partial charge is 0.370 e. The summed E-state index contributed by atoms with van der Waals surface area (Å²) in [4.78, 5) is 6.77. The van der Waals surface area contributed by atoms with Crippen molar-refractivity contribution in [2.45, 2.75) is 44.9 Å². The van der Waals surface area contributed by atoms with E-state index in [9.17, 15) is 4.39 Å². The lowest BCUT2D eigenvalue weighted by Gasteiger charge is -2.26. The molecule has 1 aliphatic heterocycles. The van der Waals surface area contributed by atoms with Gasteiger partial charge in [-0.15, -0.1) is 0 Å². The Kier molecular flexibility index (Phi) is 5.21. The quantitative estimate of drug-likeness (QED) is 0.686. The van der Waals surface area contributed by atoms with Gasteiger partial charge in [-0.1, -0.05) is 38.8 Å². The van der Waals surface area contributed by atoms with Gasteiger partial charge >= 0.3 is 0 Å². The summed E-state index contributed by atoms with van der Waals surface area (Å²) in [5.74, 6) is 0.439. The minimum Gasteiger partial charge on any atom is -0.370 e. The van der Waals surface area contributed by atoms with Crippen LogP contribution in [-0.4, -0.2) is 30.5 Å². The van der Waals surface area contributed by atoms with E-state index in [1.54, 1.807) is 0 Å². The number of likely N-dealkylation sites (tertiary alicyclic amines) is 1. The van der Waals surface area contributed by atoms with E-state index in [4.69, 9.17) is 5.73 Å². The molecular formula is C17H26FN3. The first-order valence-electron chi connectivity index (χ1n) is 7.80. The molecule has 0 amide bonds. The van der Waals surface area contributed by atoms with Crippen molar-refractivity contribution in [2.75, 3.05) is 19.6 Å². The van der Waals surface area contributed by atoms with Crippen molar-refractivity contribution >= 4 is 5.96 Å². The molecule has 1 aliphatic rings. The molecule has 3 nitrogen and oxygen atoms in total. The Balaban J connectivity index is 2.01. The molecule has 2 N–H and O–H groups in total. The number of rotatable bonds is 3. The minimum atomic E-state index is -0.206. The molecule has 0 unspecified atom stereocenters. The molecule has 1 saturated heterocycles. The second kappa shape index (κ2) is 6.92. The van der Waals surface area contributed by atoms with E-state index in [0.29, 0.717) is 12.5 Å². The van der Waals surface area contributed by atoms with Crippen molar-refractivity contribution < 1.29 is 4.39 Å². The predicted octanol–water partition coefficient (Wildman–Crippen LogP) is 3.29. The fourth-order valence-corrected chi connectivity index (χ4v) is 2.67. The van der Waals surface area contributed by atoms with Gasteiger partial charge in [-0.2, -0.15) is 0 Å². The SMILES string of the molecule is CC(C)(CN=C(N)N1CCCCCC1)c1ccc(F)cc1. The van der Waals surface area contributed by atoms with Crippen molar-refractivity contribution in [3.8, 4) is 0 Å². The molecule has 0 aromatic heterocycles. The molecule has 0 aliphatic carbocycles. The zero-order chi connectivity index (χ0) is 15.3. The average Bonchev–Trinajstić information content (AvgIpc) is 2.74. The third kappa shape index (κ3) is 4.45. The van der Waals surface area contributed by atoms with Crippen LogP contribution < -0.4 is 5.73 Å². The summed E-state index contributed by atoms with van der Waals surface area (Å²) in [6, 6.07) is 6.65. The second-order valence-corrected chi connectivity index (χ2v) is 6.47. The fraction of sp³-hybridized carbons (Fsp3) is 0.588. The third-order valence-corrected chi connectivity index (χ3v) is 4.19. The number of benzene rings is 1. The van der Waals surface area contributed by atoms with Gasteiger partial charge in [0.1, 0.15) is 5.82 Å². The van der Waals surface area contributed by atoms with Gasteiger partial charge in [-0.25, -0.2) is 4.39 Å². The van der Waals surface area contributed by atoms with Gasteiger partial charge < -0.3 is 10.6 Å². The highest BCUT2D eigenvalue weighted by atomic mass is 19.1. The van der Waals surface area contributed by atoms with Crippen LogP contribution in [0.4, 0.5) is 4.39 Å². The maximum atomic E-state index is 13.0. The van der Waals surface area contributed by atoms with E-state index in [2.05, 4.69) is 23.7 Å². The number of nitrogens with zero attached hydrogens (tertiary/aromatic N) is 2. The van der Waals surface area contributed by atoms with Crippen LogP contribution in [0.25, 0.3) is 0 Å². The summed E-state index contributed by atoms with van der Waals surface area (Å²) < 4.78 is 13.0. The maximum Gasteiger partial charge on any atom is 0.191 e. The van der Waals surface area contributed by atoms with Crippen LogP contribution in [0, 0.1) is 5.82 Å². The number of halogens is 1. The van der Waals surface area contributed by atoms with Gasteiger partial charge in [0.15, 0.2) is 5.96 Å². The van der Waals surface area contributed by atoms with Crippen LogP contribution >= 0.6 is 0 Å². The average molecular weight is 291 g/mol. The minimum absolute atomic E-state index is 0.149. The highest BCUT2D eigenvalue weighted by Gasteiger charge is 2.21. The van der Waals surface area contributed by atoms with Crippen LogP contribution in [0.3, 0.4) is 0 Å². The van der Waals surface area contributed by atoms with E-state index in [0.717, 1.165) is 18.7 Å². The van der Waals surface area contributed by atoms with Crippen LogP contribution in [0.5, 0.6) is 0 Å². The smallest absolute Gasteiger partial charge is 0.191 e. The topological polar surface area (TPSA) is 41.6 Å². The molecule has 1 heterocycles. The summed E-state index contributed by atoms with van der Waals surface area (Å²) in [7, 11) is 0. The van der Waals surface area contributed by atoms with Crippen molar-refractivity contribution in [1.29, 1.82) is 0 Å². The van der Waals surface area contributed by atoms with Gasteiger partial charge in [-0.05, 0) is 30.5 Å². The van der Waals surface area contributed by atoms with Gasteiger partial charge in [0.25, 0.3) is 0 Å². The summed E-state index contributed by atoms with van der Waals surface area (Å²) in [6.45, 7) is 6.85. The zero-order valence-corrected chi connectivity index (χ0v) is 13.1. The molecule has 4 heteroatoms. The first-order chi connectivity index (χ1) is 9.99. The maximum absolute atomic E-state index is 13.0. The molecule has 0 atom stereocenters. The van der Waals surface area contributed by atoms with E-state index in [1.807, 2.05) is 12.1 Å². The molecule has 1 aromatic carbocycles. The molecule has 1 aromatic rings. The standard InChI is InChI=1S/C17H26FN3/c1-17(2,14-7-9-15(18)10-8-14)13-20-16(19)21-11-5-3-4-6-12-21/h7-10H,3-6,11-13H2,1-2H3,(H2,19,20). The second-order valence-electron chi connectivity index (χ2n) is 6.47. The Morgan fingerprint density at radius 2 is 1.71 bits per heavy atom. The zero-order valence-electron chi connectivity index (χ0n) is 13.1. The Morgan fingerprint density at radius 3 is 2.29 bits per heavy atom. The Hall–Kier alpha value is -1.58. The molecule has 21 heavy (non-hydrogen) atoms. The summed E-state index contributed by atoms with van der Waals surface area (Å²) in [6.07, 6.45) is 4.95. The number of aliphatic imine (C=N–C) groups is 1. The third-order valence-electron chi connectivity index (χ3n) is 4.19. The predicted molar refractivity (Wildman–Crippen MR) is 86.0 cm³/mol. The summed E-state index contributed by atoms with van der Waals surface area (Å²) in [5, 5.41) is 0. The first kappa shape index (κ1) is 15.8.